The van der Waals surface area contributed by atoms with E-state index >= 15 is 0 Å². The molecule has 0 aromatic heterocycles. The molecular weight excluding hydrogens is 222 g/mol. The molecule has 5 heteroatoms. The Hall–Kier alpha value is -1.88. The van der Waals surface area contributed by atoms with Crippen LogP contribution in [0.2, 0.25) is 0 Å². The largest absolute Gasteiger partial charge is 0.460 e. The lowest BCUT2D eigenvalue weighted by Crippen LogP contribution is -2.18. The Morgan fingerprint density at radius 2 is 1.71 bits per heavy atom. The van der Waals surface area contributed by atoms with Gasteiger partial charge in [-0.15, -0.1) is 0 Å². The fraction of sp³-hybridized carbons (Fsp3) is 0.333. The molecule has 0 unspecified atom stereocenters. The number of amides is 1. The number of benzene rings is 1. The summed E-state index contributed by atoms with van der Waals surface area (Å²) in [6.45, 7) is 0.578. The van der Waals surface area contributed by atoms with Crippen LogP contribution < -0.4 is 5.32 Å². The highest BCUT2D eigenvalue weighted by Gasteiger charge is 2.08. The van der Waals surface area contributed by atoms with E-state index in [-0.39, 0.29) is 12.5 Å². The number of nitrogens with one attached hydrogen (secondary N) is 1. The number of esters is 1. The molecule has 92 valence electrons. The Balaban J connectivity index is 2.61. The highest BCUT2D eigenvalue weighted by atomic mass is 16.6. The number of methoxy groups -OCH3 is 1. The van der Waals surface area contributed by atoms with E-state index in [1.54, 1.807) is 31.3 Å². The molecule has 5 nitrogen and oxygen atoms in total. The summed E-state index contributed by atoms with van der Waals surface area (Å²) >= 11 is 0. The molecule has 0 radical (unpaired) electrons. The highest BCUT2D eigenvalue weighted by Crippen LogP contribution is 2.06. The van der Waals surface area contributed by atoms with Gasteiger partial charge in [-0.25, -0.2) is 4.79 Å². The summed E-state index contributed by atoms with van der Waals surface area (Å²) in [5, 5.41) is 2.50. The van der Waals surface area contributed by atoms with Gasteiger partial charge in [0.2, 0.25) is 0 Å². The summed E-state index contributed by atoms with van der Waals surface area (Å²) in [5.74, 6) is -0.616. The van der Waals surface area contributed by atoms with Gasteiger partial charge in [0, 0.05) is 19.7 Å². The van der Waals surface area contributed by atoms with Crippen LogP contribution in [-0.2, 0) is 9.47 Å². The van der Waals surface area contributed by atoms with E-state index in [2.05, 4.69) is 5.32 Å². The molecule has 0 aliphatic carbocycles. The van der Waals surface area contributed by atoms with Crippen molar-refractivity contribution in [1.29, 1.82) is 0 Å². The molecule has 1 aromatic rings. The number of carbonyl (C=O) groups excluding carboxylic acids is 2. The molecule has 1 aromatic carbocycles. The Morgan fingerprint density at radius 3 is 2.24 bits per heavy atom. The van der Waals surface area contributed by atoms with Crippen molar-refractivity contribution >= 4 is 11.9 Å². The Bertz CT molecular complexity index is 386. The second kappa shape index (κ2) is 6.65. The SMILES string of the molecule is CNC(=O)c1ccc(C(=O)OCCOC)cc1. The number of ether oxygens (including phenoxy) is 2. The van der Waals surface area contributed by atoms with Crippen LogP contribution in [0.5, 0.6) is 0 Å². The molecule has 1 N–H and O–H groups in total. The average molecular weight is 237 g/mol. The van der Waals surface area contributed by atoms with Crippen LogP contribution in [0.25, 0.3) is 0 Å². The summed E-state index contributed by atoms with van der Waals surface area (Å²) in [7, 11) is 3.08. The standard InChI is InChI=1S/C12H15NO4/c1-13-11(14)9-3-5-10(6-4-9)12(15)17-8-7-16-2/h3-6H,7-8H2,1-2H3,(H,13,14). The molecular formula is C12H15NO4. The van der Waals surface area contributed by atoms with E-state index in [0.29, 0.717) is 17.7 Å². The molecule has 0 aliphatic rings. The minimum Gasteiger partial charge on any atom is -0.460 e. The minimum atomic E-state index is -0.425. The van der Waals surface area contributed by atoms with Gasteiger partial charge in [0.05, 0.1) is 12.2 Å². The summed E-state index contributed by atoms with van der Waals surface area (Å²) in [6, 6.07) is 6.26. The first-order chi connectivity index (χ1) is 8.19. The van der Waals surface area contributed by atoms with E-state index in [1.165, 1.54) is 7.11 Å². The van der Waals surface area contributed by atoms with Crippen LogP contribution >= 0.6 is 0 Å². The molecule has 0 atom stereocenters. The third-order valence-corrected chi connectivity index (χ3v) is 2.13. The van der Waals surface area contributed by atoms with Crippen molar-refractivity contribution in [3.63, 3.8) is 0 Å². The second-order valence-electron chi connectivity index (χ2n) is 3.29. The Kier molecular flexibility index (Phi) is 5.16. The van der Waals surface area contributed by atoms with Gasteiger partial charge in [-0.3, -0.25) is 4.79 Å². The summed E-state index contributed by atoms with van der Waals surface area (Å²) in [5.41, 5.74) is 0.912. The van der Waals surface area contributed by atoms with Crippen molar-refractivity contribution in [2.45, 2.75) is 0 Å². The van der Waals surface area contributed by atoms with Crippen molar-refractivity contribution in [3.05, 3.63) is 35.4 Å². The van der Waals surface area contributed by atoms with Crippen molar-refractivity contribution in [3.8, 4) is 0 Å². The van der Waals surface area contributed by atoms with Gasteiger partial charge in [0.15, 0.2) is 0 Å². The van der Waals surface area contributed by atoms with Crippen LogP contribution in [0.15, 0.2) is 24.3 Å². The molecule has 0 aliphatic heterocycles. The van der Waals surface area contributed by atoms with Crippen molar-refractivity contribution < 1.29 is 19.1 Å². The predicted molar refractivity (Wildman–Crippen MR) is 62.0 cm³/mol. The maximum Gasteiger partial charge on any atom is 0.338 e. The summed E-state index contributed by atoms with van der Waals surface area (Å²) in [4.78, 5) is 22.8. The monoisotopic (exact) mass is 237 g/mol. The van der Waals surface area contributed by atoms with E-state index in [4.69, 9.17) is 9.47 Å². The second-order valence-corrected chi connectivity index (χ2v) is 3.29. The number of hydrogen-bond acceptors (Lipinski definition) is 4. The molecule has 0 saturated carbocycles. The fourth-order valence-electron chi connectivity index (χ4n) is 1.20. The Morgan fingerprint density at radius 1 is 1.12 bits per heavy atom. The van der Waals surface area contributed by atoms with E-state index < -0.39 is 5.97 Å². The molecule has 1 rings (SSSR count). The topological polar surface area (TPSA) is 64.6 Å². The molecule has 0 saturated heterocycles. The van der Waals surface area contributed by atoms with Crippen molar-refractivity contribution in [2.75, 3.05) is 27.4 Å². The van der Waals surface area contributed by atoms with Crippen LogP contribution in [-0.4, -0.2) is 39.2 Å². The van der Waals surface area contributed by atoms with Crippen LogP contribution in [0.4, 0.5) is 0 Å². The quantitative estimate of drug-likeness (QED) is 0.609. The normalized spacial score (nSPS) is 9.76. The molecule has 0 spiro atoms. The van der Waals surface area contributed by atoms with E-state index in [1.807, 2.05) is 0 Å². The first kappa shape index (κ1) is 13.2. The highest BCUT2D eigenvalue weighted by molar-refractivity contribution is 5.96. The van der Waals surface area contributed by atoms with Crippen LogP contribution in [0, 0.1) is 0 Å². The lowest BCUT2D eigenvalue weighted by atomic mass is 10.1. The van der Waals surface area contributed by atoms with Gasteiger partial charge in [-0.1, -0.05) is 0 Å². The maximum atomic E-state index is 11.5. The van der Waals surface area contributed by atoms with Crippen molar-refractivity contribution in [1.82, 2.24) is 5.32 Å². The van der Waals surface area contributed by atoms with E-state index in [9.17, 15) is 9.59 Å². The van der Waals surface area contributed by atoms with Gasteiger partial charge in [-0.2, -0.15) is 0 Å². The van der Waals surface area contributed by atoms with Gasteiger partial charge in [0.1, 0.15) is 6.61 Å². The summed E-state index contributed by atoms with van der Waals surface area (Å²) < 4.78 is 9.69. The van der Waals surface area contributed by atoms with Crippen LogP contribution in [0.1, 0.15) is 20.7 Å². The fourth-order valence-corrected chi connectivity index (χ4v) is 1.20. The average Bonchev–Trinajstić information content (AvgIpc) is 2.38. The van der Waals surface area contributed by atoms with Gasteiger partial charge in [-0.05, 0) is 24.3 Å². The molecule has 0 fully saturated rings. The smallest absolute Gasteiger partial charge is 0.338 e. The zero-order valence-corrected chi connectivity index (χ0v) is 9.86. The molecule has 0 heterocycles. The molecule has 17 heavy (non-hydrogen) atoms. The lowest BCUT2D eigenvalue weighted by Gasteiger charge is -2.04. The number of carbonyl (C=O) groups is 2. The van der Waals surface area contributed by atoms with Gasteiger partial charge >= 0.3 is 5.97 Å². The number of hydrogen-bond donors (Lipinski definition) is 1. The summed E-state index contributed by atoms with van der Waals surface area (Å²) in [6.07, 6.45) is 0. The molecule has 1 amide bonds. The van der Waals surface area contributed by atoms with E-state index in [0.717, 1.165) is 0 Å². The lowest BCUT2D eigenvalue weighted by molar-refractivity contribution is 0.0388. The minimum absolute atomic E-state index is 0.190. The zero-order valence-electron chi connectivity index (χ0n) is 9.86. The first-order valence-corrected chi connectivity index (χ1v) is 5.17. The van der Waals surface area contributed by atoms with Gasteiger partial charge in [0.25, 0.3) is 5.91 Å². The third kappa shape index (κ3) is 3.88. The number of rotatable bonds is 5. The molecule has 0 bridgehead atoms. The van der Waals surface area contributed by atoms with Crippen LogP contribution in [0.3, 0.4) is 0 Å². The van der Waals surface area contributed by atoms with Gasteiger partial charge < -0.3 is 14.8 Å². The third-order valence-electron chi connectivity index (χ3n) is 2.13. The first-order valence-electron chi connectivity index (χ1n) is 5.17. The predicted octanol–water partition coefficient (Wildman–Crippen LogP) is 0.849. The van der Waals surface area contributed by atoms with Crippen molar-refractivity contribution in [2.24, 2.45) is 0 Å². The maximum absolute atomic E-state index is 11.5. The Labute approximate surface area is 99.7 Å². The zero-order chi connectivity index (χ0) is 12.7.